The van der Waals surface area contributed by atoms with Crippen LogP contribution in [0.3, 0.4) is 0 Å². The van der Waals surface area contributed by atoms with Crippen LogP contribution in [0.4, 0.5) is 4.39 Å². The molecule has 1 N–H and O–H groups in total. The molecular weight excluding hydrogens is 307 g/mol. The molecule has 1 saturated heterocycles. The molecule has 0 aromatic heterocycles. The van der Waals surface area contributed by atoms with E-state index < -0.39 is 0 Å². The summed E-state index contributed by atoms with van der Waals surface area (Å²) >= 11 is 3.35. The van der Waals surface area contributed by atoms with Gasteiger partial charge in [0.15, 0.2) is 0 Å². The molecule has 2 aliphatic rings. The topological polar surface area (TPSA) is 15.3 Å². The van der Waals surface area contributed by atoms with Gasteiger partial charge in [0.1, 0.15) is 5.82 Å². The van der Waals surface area contributed by atoms with E-state index >= 15 is 0 Å². The van der Waals surface area contributed by atoms with Crippen molar-refractivity contribution in [1.29, 1.82) is 0 Å². The molecule has 1 aliphatic heterocycles. The maximum absolute atomic E-state index is 14.3. The summed E-state index contributed by atoms with van der Waals surface area (Å²) < 4.78 is 15.1. The van der Waals surface area contributed by atoms with E-state index in [1.54, 1.807) is 6.07 Å². The predicted molar refractivity (Wildman–Crippen MR) is 78.6 cm³/mol. The zero-order valence-electron chi connectivity index (χ0n) is 11.0. The number of halogens is 2. The van der Waals surface area contributed by atoms with Crippen LogP contribution >= 0.6 is 15.9 Å². The van der Waals surface area contributed by atoms with Crippen LogP contribution in [0.1, 0.15) is 30.9 Å². The van der Waals surface area contributed by atoms with Gasteiger partial charge >= 0.3 is 0 Å². The van der Waals surface area contributed by atoms with Gasteiger partial charge in [-0.05, 0) is 30.9 Å². The van der Waals surface area contributed by atoms with Crippen molar-refractivity contribution in [3.63, 3.8) is 0 Å². The maximum Gasteiger partial charge on any atom is 0.129 e. The second kappa shape index (κ2) is 5.90. The van der Waals surface area contributed by atoms with E-state index in [1.807, 2.05) is 12.1 Å². The van der Waals surface area contributed by atoms with E-state index in [0.717, 1.165) is 36.2 Å². The molecule has 0 radical (unpaired) electrons. The molecule has 2 nitrogen and oxygen atoms in total. The van der Waals surface area contributed by atoms with Gasteiger partial charge in [-0.2, -0.15) is 0 Å². The van der Waals surface area contributed by atoms with Crippen LogP contribution in [-0.2, 0) is 0 Å². The fraction of sp³-hybridized carbons (Fsp3) is 0.600. The summed E-state index contributed by atoms with van der Waals surface area (Å²) in [5.74, 6) is 0.568. The lowest BCUT2D eigenvalue weighted by molar-refractivity contribution is 0.0812. The number of nitrogens with one attached hydrogen (secondary N) is 1. The molecule has 19 heavy (non-hydrogen) atoms. The van der Waals surface area contributed by atoms with E-state index in [-0.39, 0.29) is 11.9 Å². The summed E-state index contributed by atoms with van der Waals surface area (Å²) in [7, 11) is 0. The first-order valence-electron chi connectivity index (χ1n) is 7.15. The van der Waals surface area contributed by atoms with Crippen LogP contribution in [0.25, 0.3) is 0 Å². The average molecular weight is 327 g/mol. The van der Waals surface area contributed by atoms with E-state index in [4.69, 9.17) is 0 Å². The molecule has 104 valence electrons. The van der Waals surface area contributed by atoms with Crippen molar-refractivity contribution in [2.75, 3.05) is 26.2 Å². The molecule has 1 heterocycles. The Morgan fingerprint density at radius 2 is 2.00 bits per heavy atom. The van der Waals surface area contributed by atoms with Gasteiger partial charge in [0.25, 0.3) is 0 Å². The zero-order valence-corrected chi connectivity index (χ0v) is 12.6. The maximum atomic E-state index is 14.3. The van der Waals surface area contributed by atoms with Crippen LogP contribution in [0.15, 0.2) is 22.7 Å². The van der Waals surface area contributed by atoms with Crippen LogP contribution in [0.2, 0.25) is 0 Å². The van der Waals surface area contributed by atoms with Gasteiger partial charge < -0.3 is 5.32 Å². The second-order valence-corrected chi connectivity index (χ2v) is 6.50. The minimum absolute atomic E-state index is 0.0650. The average Bonchev–Trinajstić information content (AvgIpc) is 2.35. The predicted octanol–water partition coefficient (Wildman–Crippen LogP) is 3.33. The van der Waals surface area contributed by atoms with Crippen LogP contribution in [-0.4, -0.2) is 31.1 Å². The van der Waals surface area contributed by atoms with E-state index in [1.165, 1.54) is 19.3 Å². The number of benzene rings is 1. The molecule has 0 unspecified atom stereocenters. The van der Waals surface area contributed by atoms with E-state index in [0.29, 0.717) is 5.92 Å². The molecule has 1 aromatic carbocycles. The zero-order chi connectivity index (χ0) is 13.2. The van der Waals surface area contributed by atoms with Crippen molar-refractivity contribution in [3.8, 4) is 0 Å². The third kappa shape index (κ3) is 2.86. The molecule has 1 saturated carbocycles. The standard InChI is InChI=1S/C15H20BrFN2/c16-12-4-5-13(14(17)10-12)15(11-2-1-3-11)19-8-6-18-7-9-19/h4-5,10-11,15,18H,1-3,6-9H2/t15-/m1/s1. The minimum Gasteiger partial charge on any atom is -0.314 e. The van der Waals surface area contributed by atoms with E-state index in [9.17, 15) is 4.39 Å². The first-order chi connectivity index (χ1) is 9.25. The smallest absolute Gasteiger partial charge is 0.129 e. The molecule has 4 heteroatoms. The van der Waals surface area contributed by atoms with Gasteiger partial charge in [0, 0.05) is 42.3 Å². The number of piperazine rings is 1. The van der Waals surface area contributed by atoms with Crippen LogP contribution in [0, 0.1) is 11.7 Å². The second-order valence-electron chi connectivity index (χ2n) is 5.59. The minimum atomic E-state index is -0.0650. The fourth-order valence-corrected chi connectivity index (χ4v) is 3.54. The lowest BCUT2D eigenvalue weighted by atomic mass is 9.76. The van der Waals surface area contributed by atoms with Gasteiger partial charge in [0.05, 0.1) is 0 Å². The van der Waals surface area contributed by atoms with Gasteiger partial charge in [-0.3, -0.25) is 4.90 Å². The van der Waals surface area contributed by atoms with Crippen molar-refractivity contribution >= 4 is 15.9 Å². The molecule has 0 spiro atoms. The largest absolute Gasteiger partial charge is 0.314 e. The molecule has 2 fully saturated rings. The Morgan fingerprint density at radius 3 is 2.58 bits per heavy atom. The number of hydrogen-bond acceptors (Lipinski definition) is 2. The van der Waals surface area contributed by atoms with Crippen LogP contribution in [0.5, 0.6) is 0 Å². The lowest BCUT2D eigenvalue weighted by Gasteiger charge is -2.43. The third-order valence-corrected chi connectivity index (χ3v) is 4.92. The normalized spacial score (nSPS) is 23.1. The Labute approximate surface area is 122 Å². The Hall–Kier alpha value is -0.450. The van der Waals surface area contributed by atoms with Crippen LogP contribution < -0.4 is 5.32 Å². The summed E-state index contributed by atoms with van der Waals surface area (Å²) in [5.41, 5.74) is 0.884. The Bertz CT molecular complexity index is 442. The molecule has 1 aliphatic carbocycles. The van der Waals surface area contributed by atoms with Gasteiger partial charge in [0.2, 0.25) is 0 Å². The molecule has 1 atom stereocenters. The summed E-state index contributed by atoms with van der Waals surface area (Å²) in [6, 6.07) is 5.80. The summed E-state index contributed by atoms with van der Waals surface area (Å²) in [4.78, 5) is 2.46. The first kappa shape index (κ1) is 13.5. The summed E-state index contributed by atoms with van der Waals surface area (Å²) in [6.07, 6.45) is 3.78. The molecule has 0 amide bonds. The van der Waals surface area contributed by atoms with Gasteiger partial charge in [-0.1, -0.05) is 28.4 Å². The van der Waals surface area contributed by atoms with Gasteiger partial charge in [-0.15, -0.1) is 0 Å². The SMILES string of the molecule is Fc1cc(Br)ccc1[C@@H](C1CCC1)N1CCNCC1. The monoisotopic (exact) mass is 326 g/mol. The van der Waals surface area contributed by atoms with Crippen molar-refractivity contribution in [2.45, 2.75) is 25.3 Å². The van der Waals surface area contributed by atoms with Crippen molar-refractivity contribution in [2.24, 2.45) is 5.92 Å². The summed E-state index contributed by atoms with van der Waals surface area (Å²) in [6.45, 7) is 4.08. The Kier molecular flexibility index (Phi) is 4.20. The lowest BCUT2D eigenvalue weighted by Crippen LogP contribution is -2.48. The molecular formula is C15H20BrFN2. The Morgan fingerprint density at radius 1 is 1.26 bits per heavy atom. The highest BCUT2D eigenvalue weighted by Gasteiger charge is 2.34. The molecule has 1 aromatic rings. The number of hydrogen-bond donors (Lipinski definition) is 1. The third-order valence-electron chi connectivity index (χ3n) is 4.42. The van der Waals surface area contributed by atoms with Crippen molar-refractivity contribution in [3.05, 3.63) is 34.1 Å². The molecule has 3 rings (SSSR count). The highest BCUT2D eigenvalue weighted by molar-refractivity contribution is 9.10. The fourth-order valence-electron chi connectivity index (χ4n) is 3.21. The highest BCUT2D eigenvalue weighted by atomic mass is 79.9. The number of rotatable bonds is 3. The van der Waals surface area contributed by atoms with Crippen molar-refractivity contribution in [1.82, 2.24) is 10.2 Å². The van der Waals surface area contributed by atoms with Crippen molar-refractivity contribution < 1.29 is 4.39 Å². The number of nitrogens with zero attached hydrogens (tertiary/aromatic N) is 1. The first-order valence-corrected chi connectivity index (χ1v) is 7.95. The highest BCUT2D eigenvalue weighted by Crippen LogP contribution is 2.42. The summed E-state index contributed by atoms with van der Waals surface area (Å²) in [5, 5.41) is 3.38. The Balaban J connectivity index is 1.88. The van der Waals surface area contributed by atoms with Gasteiger partial charge in [-0.25, -0.2) is 4.39 Å². The quantitative estimate of drug-likeness (QED) is 0.916. The van der Waals surface area contributed by atoms with E-state index in [2.05, 4.69) is 26.1 Å². The molecule has 0 bridgehead atoms.